The third-order valence-electron chi connectivity index (χ3n) is 1.89. The molecule has 1 aromatic carbocycles. The second-order valence-electron chi connectivity index (χ2n) is 3.54. The third kappa shape index (κ3) is 2.46. The van der Waals surface area contributed by atoms with Crippen LogP contribution in [0.3, 0.4) is 0 Å². The van der Waals surface area contributed by atoms with E-state index in [4.69, 9.17) is 9.84 Å². The van der Waals surface area contributed by atoms with Crippen LogP contribution in [0.4, 0.5) is 4.39 Å². The van der Waals surface area contributed by atoms with Crippen molar-refractivity contribution in [3.05, 3.63) is 29.1 Å². The van der Waals surface area contributed by atoms with Gasteiger partial charge in [-0.3, -0.25) is 0 Å². The number of hydrogen-bond donors (Lipinski definition) is 1. The van der Waals surface area contributed by atoms with Crippen molar-refractivity contribution in [1.29, 1.82) is 0 Å². The molecule has 0 aliphatic heterocycles. The summed E-state index contributed by atoms with van der Waals surface area (Å²) in [5.74, 6) is -2.01. The lowest BCUT2D eigenvalue weighted by Gasteiger charge is -2.14. The van der Waals surface area contributed by atoms with Gasteiger partial charge >= 0.3 is 5.97 Å². The number of carboxylic acid groups (broad SMARTS) is 1. The first kappa shape index (κ1) is 11.5. The van der Waals surface area contributed by atoms with Crippen molar-refractivity contribution in [3.8, 4) is 5.75 Å². The SMILES string of the molecule is Cc1ccc(F)c(OC(C)C)c1C(=O)O. The fourth-order valence-corrected chi connectivity index (χ4v) is 1.27. The maximum Gasteiger partial charge on any atom is 0.339 e. The highest BCUT2D eigenvalue weighted by atomic mass is 19.1. The van der Waals surface area contributed by atoms with Crippen LogP contribution in [0.25, 0.3) is 0 Å². The van der Waals surface area contributed by atoms with Crippen LogP contribution >= 0.6 is 0 Å². The van der Waals surface area contributed by atoms with Gasteiger partial charge in [0.15, 0.2) is 11.6 Å². The largest absolute Gasteiger partial charge is 0.487 e. The molecule has 82 valence electrons. The van der Waals surface area contributed by atoms with E-state index in [0.29, 0.717) is 5.56 Å². The number of hydrogen-bond acceptors (Lipinski definition) is 2. The molecule has 0 bridgehead atoms. The summed E-state index contributed by atoms with van der Waals surface area (Å²) in [5, 5.41) is 8.94. The molecule has 1 rings (SSSR count). The Balaban J connectivity index is 3.31. The summed E-state index contributed by atoms with van der Waals surface area (Å²) >= 11 is 0. The van der Waals surface area contributed by atoms with E-state index in [9.17, 15) is 9.18 Å². The van der Waals surface area contributed by atoms with Crippen LogP contribution in [-0.2, 0) is 0 Å². The Labute approximate surface area is 87.5 Å². The molecular weight excluding hydrogens is 199 g/mol. The predicted octanol–water partition coefficient (Wildman–Crippen LogP) is 2.62. The first-order valence-corrected chi connectivity index (χ1v) is 4.62. The second kappa shape index (κ2) is 4.29. The highest BCUT2D eigenvalue weighted by molar-refractivity contribution is 5.92. The van der Waals surface area contributed by atoms with Crippen molar-refractivity contribution < 1.29 is 19.0 Å². The summed E-state index contributed by atoms with van der Waals surface area (Å²) in [6.07, 6.45) is -0.264. The van der Waals surface area contributed by atoms with E-state index in [2.05, 4.69) is 0 Å². The smallest absolute Gasteiger partial charge is 0.339 e. The van der Waals surface area contributed by atoms with E-state index in [1.807, 2.05) is 0 Å². The molecule has 0 aliphatic rings. The summed E-state index contributed by atoms with van der Waals surface area (Å²) < 4.78 is 18.5. The van der Waals surface area contributed by atoms with E-state index >= 15 is 0 Å². The number of carboxylic acids is 1. The van der Waals surface area contributed by atoms with Gasteiger partial charge < -0.3 is 9.84 Å². The molecule has 15 heavy (non-hydrogen) atoms. The number of carbonyl (C=O) groups is 1. The van der Waals surface area contributed by atoms with Gasteiger partial charge in [0, 0.05) is 0 Å². The minimum absolute atomic E-state index is 0.108. The van der Waals surface area contributed by atoms with Gasteiger partial charge in [0.2, 0.25) is 0 Å². The Morgan fingerprint density at radius 2 is 2.07 bits per heavy atom. The molecule has 3 nitrogen and oxygen atoms in total. The number of aromatic carboxylic acids is 1. The van der Waals surface area contributed by atoms with E-state index in [1.54, 1.807) is 20.8 Å². The fraction of sp³-hybridized carbons (Fsp3) is 0.364. The van der Waals surface area contributed by atoms with Crippen LogP contribution in [0, 0.1) is 12.7 Å². The third-order valence-corrected chi connectivity index (χ3v) is 1.89. The quantitative estimate of drug-likeness (QED) is 0.837. The van der Waals surface area contributed by atoms with Crippen molar-refractivity contribution in [1.82, 2.24) is 0 Å². The molecule has 1 aromatic rings. The lowest BCUT2D eigenvalue weighted by atomic mass is 10.1. The molecule has 4 heteroatoms. The van der Waals surface area contributed by atoms with Crippen molar-refractivity contribution in [2.24, 2.45) is 0 Å². The van der Waals surface area contributed by atoms with Crippen LogP contribution in [0.5, 0.6) is 5.75 Å². The summed E-state index contributed by atoms with van der Waals surface area (Å²) in [6, 6.07) is 2.63. The summed E-state index contributed by atoms with van der Waals surface area (Å²) in [5.41, 5.74) is 0.378. The number of halogens is 1. The summed E-state index contributed by atoms with van der Waals surface area (Å²) in [4.78, 5) is 10.9. The van der Waals surface area contributed by atoms with Gasteiger partial charge in [0.1, 0.15) is 5.56 Å². The Bertz CT molecular complexity index is 386. The Morgan fingerprint density at radius 1 is 1.47 bits per heavy atom. The molecular formula is C11H13FO3. The zero-order valence-corrected chi connectivity index (χ0v) is 8.87. The van der Waals surface area contributed by atoms with Gasteiger partial charge in [-0.25, -0.2) is 9.18 Å². The van der Waals surface area contributed by atoms with Crippen molar-refractivity contribution >= 4 is 5.97 Å². The van der Waals surface area contributed by atoms with Gasteiger partial charge in [0.05, 0.1) is 6.10 Å². The maximum absolute atomic E-state index is 13.4. The van der Waals surface area contributed by atoms with Gasteiger partial charge in [-0.2, -0.15) is 0 Å². The first-order chi connectivity index (χ1) is 6.93. The molecule has 0 radical (unpaired) electrons. The van der Waals surface area contributed by atoms with E-state index in [1.165, 1.54) is 12.1 Å². The van der Waals surface area contributed by atoms with Gasteiger partial charge in [0.25, 0.3) is 0 Å². The molecule has 0 aromatic heterocycles. The van der Waals surface area contributed by atoms with E-state index in [0.717, 1.165) is 0 Å². The monoisotopic (exact) mass is 212 g/mol. The lowest BCUT2D eigenvalue weighted by Crippen LogP contribution is -2.12. The Morgan fingerprint density at radius 3 is 2.53 bits per heavy atom. The van der Waals surface area contributed by atoms with Crippen molar-refractivity contribution in [2.45, 2.75) is 26.9 Å². The first-order valence-electron chi connectivity index (χ1n) is 4.62. The molecule has 0 amide bonds. The average molecular weight is 212 g/mol. The topological polar surface area (TPSA) is 46.5 Å². The molecule has 1 N–H and O–H groups in total. The minimum atomic E-state index is -1.18. The number of rotatable bonds is 3. The van der Waals surface area contributed by atoms with Gasteiger partial charge in [-0.1, -0.05) is 6.07 Å². The minimum Gasteiger partial charge on any atom is -0.487 e. The highest BCUT2D eigenvalue weighted by Crippen LogP contribution is 2.26. The molecule has 0 saturated carbocycles. The van der Waals surface area contributed by atoms with E-state index < -0.39 is 11.8 Å². The molecule has 0 spiro atoms. The van der Waals surface area contributed by atoms with Crippen molar-refractivity contribution in [3.63, 3.8) is 0 Å². The number of aryl methyl sites for hydroxylation is 1. The van der Waals surface area contributed by atoms with Crippen LogP contribution in [0.1, 0.15) is 29.8 Å². The highest BCUT2D eigenvalue weighted by Gasteiger charge is 2.19. The molecule has 0 unspecified atom stereocenters. The van der Waals surface area contributed by atoms with Gasteiger partial charge in [-0.15, -0.1) is 0 Å². The number of ether oxygens (including phenoxy) is 1. The predicted molar refractivity (Wildman–Crippen MR) is 53.9 cm³/mol. The second-order valence-corrected chi connectivity index (χ2v) is 3.54. The van der Waals surface area contributed by atoms with Crippen LogP contribution in [0.2, 0.25) is 0 Å². The molecule has 0 heterocycles. The lowest BCUT2D eigenvalue weighted by molar-refractivity contribution is 0.0688. The zero-order chi connectivity index (χ0) is 11.6. The van der Waals surface area contributed by atoms with E-state index in [-0.39, 0.29) is 17.4 Å². The van der Waals surface area contributed by atoms with Gasteiger partial charge in [-0.05, 0) is 32.4 Å². The van der Waals surface area contributed by atoms with Crippen molar-refractivity contribution in [2.75, 3.05) is 0 Å². The molecule has 0 atom stereocenters. The van der Waals surface area contributed by atoms with Crippen LogP contribution in [-0.4, -0.2) is 17.2 Å². The van der Waals surface area contributed by atoms with Crippen LogP contribution in [0.15, 0.2) is 12.1 Å². The zero-order valence-electron chi connectivity index (χ0n) is 8.87. The fourth-order valence-electron chi connectivity index (χ4n) is 1.27. The Hall–Kier alpha value is -1.58. The number of benzene rings is 1. The summed E-state index contributed by atoms with van der Waals surface area (Å²) in [6.45, 7) is 5.04. The Kier molecular flexibility index (Phi) is 3.29. The molecule has 0 aliphatic carbocycles. The molecule has 0 saturated heterocycles. The summed E-state index contributed by atoms with van der Waals surface area (Å²) in [7, 11) is 0. The molecule has 0 fully saturated rings. The maximum atomic E-state index is 13.4. The normalized spacial score (nSPS) is 10.5. The van der Waals surface area contributed by atoms with Crippen LogP contribution < -0.4 is 4.74 Å². The standard InChI is InChI=1S/C11H13FO3/c1-6(2)15-10-8(12)5-4-7(3)9(10)11(13)14/h4-6H,1-3H3,(H,13,14). The average Bonchev–Trinajstić information content (AvgIpc) is 2.10.